The number of benzene rings is 2. The first-order valence-corrected chi connectivity index (χ1v) is 10.2. The highest BCUT2D eigenvalue weighted by molar-refractivity contribution is 6.04. The molecular weight excluding hydrogens is 427 g/mol. The van der Waals surface area contributed by atoms with E-state index in [1.165, 1.54) is 19.5 Å². The van der Waals surface area contributed by atoms with Crippen LogP contribution >= 0.6 is 0 Å². The minimum atomic E-state index is -0.907. The standard InChI is InChI=1S/C24H21FN4O4/c1-29-22(28-20(21(30)24(29)32)23(31)27-17-13-26-33-14-17)18(12-25)19(15-8-4-2-5-9-15)16-10-6-3-7-11-16/h2-11,13-14,18-19,30H,12H2,1H3,(H,27,31)/t18-/m0/s1. The fourth-order valence-electron chi connectivity index (χ4n) is 3.84. The van der Waals surface area contributed by atoms with Crippen LogP contribution in [0.3, 0.4) is 0 Å². The van der Waals surface area contributed by atoms with Gasteiger partial charge in [0.15, 0.2) is 5.69 Å². The quantitative estimate of drug-likeness (QED) is 0.447. The van der Waals surface area contributed by atoms with Crippen molar-refractivity contribution < 1.29 is 18.8 Å². The minimum absolute atomic E-state index is 0.0356. The maximum absolute atomic E-state index is 14.7. The van der Waals surface area contributed by atoms with E-state index in [-0.39, 0.29) is 11.5 Å². The van der Waals surface area contributed by atoms with E-state index < -0.39 is 41.4 Å². The number of carbonyl (C=O) groups excluding carboxylic acids is 1. The van der Waals surface area contributed by atoms with E-state index in [1.54, 1.807) is 0 Å². The fourth-order valence-corrected chi connectivity index (χ4v) is 3.84. The van der Waals surface area contributed by atoms with Crippen molar-refractivity contribution in [1.82, 2.24) is 14.7 Å². The van der Waals surface area contributed by atoms with Gasteiger partial charge in [0.2, 0.25) is 5.75 Å². The molecule has 0 bridgehead atoms. The molecule has 4 aromatic rings. The molecule has 0 unspecified atom stereocenters. The molecule has 0 spiro atoms. The molecule has 2 aromatic carbocycles. The molecule has 0 saturated carbocycles. The number of hydrogen-bond acceptors (Lipinski definition) is 6. The Balaban J connectivity index is 1.85. The zero-order valence-electron chi connectivity index (χ0n) is 17.7. The highest BCUT2D eigenvalue weighted by Gasteiger charge is 2.32. The molecule has 2 N–H and O–H groups in total. The van der Waals surface area contributed by atoms with E-state index in [0.717, 1.165) is 15.7 Å². The van der Waals surface area contributed by atoms with Gasteiger partial charge in [0.05, 0.1) is 12.1 Å². The SMILES string of the molecule is Cn1c([C@@H](CF)C(c2ccccc2)c2ccccc2)nc(C(=O)Nc2cnoc2)c(O)c1=O. The Morgan fingerprint density at radius 1 is 1.12 bits per heavy atom. The molecular formula is C24H21FN4O4. The van der Waals surface area contributed by atoms with Crippen molar-refractivity contribution in [3.05, 3.63) is 106 Å². The van der Waals surface area contributed by atoms with Crippen molar-refractivity contribution in [3.63, 3.8) is 0 Å². The van der Waals surface area contributed by atoms with Crippen LogP contribution in [-0.2, 0) is 7.05 Å². The molecule has 4 rings (SSSR count). The van der Waals surface area contributed by atoms with Gasteiger partial charge in [-0.2, -0.15) is 0 Å². The van der Waals surface area contributed by atoms with Gasteiger partial charge in [0.25, 0.3) is 11.5 Å². The van der Waals surface area contributed by atoms with Crippen molar-refractivity contribution in [2.75, 3.05) is 12.0 Å². The largest absolute Gasteiger partial charge is 0.501 e. The van der Waals surface area contributed by atoms with Crippen molar-refractivity contribution >= 4 is 11.6 Å². The zero-order chi connectivity index (χ0) is 23.4. The van der Waals surface area contributed by atoms with Gasteiger partial charge < -0.3 is 14.9 Å². The van der Waals surface area contributed by atoms with Gasteiger partial charge in [0, 0.05) is 13.0 Å². The maximum atomic E-state index is 14.7. The maximum Gasteiger partial charge on any atom is 0.296 e. The van der Waals surface area contributed by atoms with E-state index in [2.05, 4.69) is 20.0 Å². The van der Waals surface area contributed by atoms with Crippen LogP contribution in [0.1, 0.15) is 39.3 Å². The average Bonchev–Trinajstić information content (AvgIpc) is 3.35. The predicted molar refractivity (Wildman–Crippen MR) is 119 cm³/mol. The van der Waals surface area contributed by atoms with Crippen LogP contribution < -0.4 is 10.9 Å². The number of hydrogen-bond donors (Lipinski definition) is 2. The summed E-state index contributed by atoms with van der Waals surface area (Å²) in [5.74, 6) is -3.04. The molecule has 1 amide bonds. The van der Waals surface area contributed by atoms with E-state index in [4.69, 9.17) is 0 Å². The molecule has 0 aliphatic carbocycles. The molecule has 8 nitrogen and oxygen atoms in total. The molecule has 0 saturated heterocycles. The number of alkyl halides is 1. The summed E-state index contributed by atoms with van der Waals surface area (Å²) in [7, 11) is 1.39. The second-order valence-corrected chi connectivity index (χ2v) is 7.46. The van der Waals surface area contributed by atoms with Crippen molar-refractivity contribution in [2.24, 2.45) is 7.05 Å². The van der Waals surface area contributed by atoms with E-state index in [1.807, 2.05) is 60.7 Å². The van der Waals surface area contributed by atoms with Crippen LogP contribution in [0.15, 0.2) is 82.4 Å². The zero-order valence-corrected chi connectivity index (χ0v) is 17.7. The topological polar surface area (TPSA) is 110 Å². The van der Waals surface area contributed by atoms with Crippen LogP contribution in [0.2, 0.25) is 0 Å². The molecule has 1 atom stereocenters. The second kappa shape index (κ2) is 9.47. The normalized spacial score (nSPS) is 12.0. The molecule has 0 fully saturated rings. The second-order valence-electron chi connectivity index (χ2n) is 7.46. The highest BCUT2D eigenvalue weighted by atomic mass is 19.1. The van der Waals surface area contributed by atoms with Gasteiger partial charge in [-0.15, -0.1) is 0 Å². The minimum Gasteiger partial charge on any atom is -0.501 e. The van der Waals surface area contributed by atoms with Gasteiger partial charge in [-0.1, -0.05) is 65.8 Å². The van der Waals surface area contributed by atoms with Gasteiger partial charge in [-0.3, -0.25) is 18.5 Å². The third-order valence-electron chi connectivity index (χ3n) is 5.42. The molecule has 0 radical (unpaired) electrons. The average molecular weight is 448 g/mol. The summed E-state index contributed by atoms with van der Waals surface area (Å²) in [6.45, 7) is -0.855. The first-order valence-electron chi connectivity index (χ1n) is 10.2. The number of carbonyl (C=O) groups is 1. The third kappa shape index (κ3) is 4.38. The summed E-state index contributed by atoms with van der Waals surface area (Å²) in [6, 6.07) is 18.6. The summed E-state index contributed by atoms with van der Waals surface area (Å²) in [4.78, 5) is 29.8. The lowest BCUT2D eigenvalue weighted by atomic mass is 9.80. The van der Waals surface area contributed by atoms with Gasteiger partial charge >= 0.3 is 0 Å². The molecule has 2 heterocycles. The van der Waals surface area contributed by atoms with Crippen LogP contribution in [0.4, 0.5) is 10.1 Å². The van der Waals surface area contributed by atoms with Crippen molar-refractivity contribution in [1.29, 1.82) is 0 Å². The summed E-state index contributed by atoms with van der Waals surface area (Å²) in [6.07, 6.45) is 2.43. The number of anilines is 1. The lowest BCUT2D eigenvalue weighted by Gasteiger charge is -2.27. The van der Waals surface area contributed by atoms with Crippen LogP contribution in [0.25, 0.3) is 0 Å². The Labute approximate surface area is 188 Å². The monoisotopic (exact) mass is 448 g/mol. The molecule has 33 heavy (non-hydrogen) atoms. The Morgan fingerprint density at radius 3 is 2.24 bits per heavy atom. The van der Waals surface area contributed by atoms with Crippen LogP contribution in [0.5, 0.6) is 5.75 Å². The Morgan fingerprint density at radius 2 is 1.73 bits per heavy atom. The van der Waals surface area contributed by atoms with E-state index in [9.17, 15) is 19.1 Å². The van der Waals surface area contributed by atoms with Crippen LogP contribution in [-0.4, -0.2) is 32.4 Å². The summed E-state index contributed by atoms with van der Waals surface area (Å²) in [5.41, 5.74) is 0.506. The number of nitrogens with zero attached hydrogens (tertiary/aromatic N) is 3. The summed E-state index contributed by atoms with van der Waals surface area (Å²) >= 11 is 0. The lowest BCUT2D eigenvalue weighted by molar-refractivity contribution is 0.101. The molecule has 2 aromatic heterocycles. The number of rotatable bonds is 7. The molecule has 9 heteroatoms. The van der Waals surface area contributed by atoms with Crippen molar-refractivity contribution in [2.45, 2.75) is 11.8 Å². The smallest absolute Gasteiger partial charge is 0.296 e. The van der Waals surface area contributed by atoms with Gasteiger partial charge in [0.1, 0.15) is 24.4 Å². The predicted octanol–water partition coefficient (Wildman–Crippen LogP) is 3.61. The molecule has 168 valence electrons. The number of amides is 1. The Hall–Kier alpha value is -4.27. The van der Waals surface area contributed by atoms with Gasteiger partial charge in [-0.05, 0) is 11.1 Å². The lowest BCUT2D eigenvalue weighted by Crippen LogP contribution is -2.31. The van der Waals surface area contributed by atoms with Crippen molar-refractivity contribution in [3.8, 4) is 5.75 Å². The Bertz CT molecular complexity index is 1250. The number of halogens is 1. The number of nitrogens with one attached hydrogen (secondary N) is 1. The molecule has 0 aliphatic rings. The van der Waals surface area contributed by atoms with Crippen LogP contribution in [0, 0.1) is 0 Å². The van der Waals surface area contributed by atoms with Gasteiger partial charge in [-0.25, -0.2) is 4.98 Å². The first kappa shape index (κ1) is 21.9. The Kier molecular flexibility index (Phi) is 6.30. The fraction of sp³-hybridized carbons (Fsp3) is 0.167. The van der Waals surface area contributed by atoms with E-state index in [0.29, 0.717) is 0 Å². The van der Waals surface area contributed by atoms with E-state index >= 15 is 0 Å². The molecule has 0 aliphatic heterocycles. The third-order valence-corrected chi connectivity index (χ3v) is 5.42. The number of aromatic hydroxyl groups is 1. The summed E-state index contributed by atoms with van der Waals surface area (Å²) in [5, 5.41) is 16.3. The first-order chi connectivity index (χ1) is 16.0. The highest BCUT2D eigenvalue weighted by Crippen LogP contribution is 2.38. The summed E-state index contributed by atoms with van der Waals surface area (Å²) < 4.78 is 20.4. The number of aromatic nitrogens is 3.